The lowest BCUT2D eigenvalue weighted by atomic mass is 10.1. The van der Waals surface area contributed by atoms with Crippen molar-refractivity contribution in [2.75, 3.05) is 6.54 Å². The van der Waals surface area contributed by atoms with E-state index >= 15 is 0 Å². The Morgan fingerprint density at radius 3 is 2.74 bits per heavy atom. The summed E-state index contributed by atoms with van der Waals surface area (Å²) >= 11 is 1.37. The number of thiazole rings is 1. The minimum absolute atomic E-state index is 0.0245. The van der Waals surface area contributed by atoms with Crippen molar-refractivity contribution in [1.29, 1.82) is 0 Å². The van der Waals surface area contributed by atoms with Gasteiger partial charge in [0.1, 0.15) is 0 Å². The number of hydrogen-bond acceptors (Lipinski definition) is 4. The van der Waals surface area contributed by atoms with E-state index in [0.717, 1.165) is 10.4 Å². The van der Waals surface area contributed by atoms with Gasteiger partial charge in [-0.3, -0.25) is 14.4 Å². The molecule has 0 aliphatic carbocycles. The van der Waals surface area contributed by atoms with Crippen LogP contribution in [-0.4, -0.2) is 22.2 Å². The maximum absolute atomic E-state index is 12.0. The third-order valence-corrected chi connectivity index (χ3v) is 3.96. The van der Waals surface area contributed by atoms with E-state index in [2.05, 4.69) is 4.99 Å². The molecule has 0 fully saturated rings. The number of aromatic nitrogens is 1. The first kappa shape index (κ1) is 11.9. The zero-order valence-electron chi connectivity index (χ0n) is 9.87. The van der Waals surface area contributed by atoms with Gasteiger partial charge in [0.15, 0.2) is 4.80 Å². The summed E-state index contributed by atoms with van der Waals surface area (Å²) in [5.74, 6) is -0.958. The van der Waals surface area contributed by atoms with E-state index in [9.17, 15) is 9.59 Å². The van der Waals surface area contributed by atoms with Crippen LogP contribution in [0.3, 0.4) is 0 Å². The molecule has 0 saturated carbocycles. The number of fused-ring (bicyclic) bond motifs is 1. The van der Waals surface area contributed by atoms with Crippen LogP contribution in [-0.2, 0) is 6.54 Å². The summed E-state index contributed by atoms with van der Waals surface area (Å²) in [4.78, 5) is 27.8. The molecule has 1 aromatic carbocycles. The van der Waals surface area contributed by atoms with Crippen LogP contribution in [0.2, 0.25) is 0 Å². The Labute approximate surface area is 111 Å². The fourth-order valence-electron chi connectivity index (χ4n) is 1.94. The van der Waals surface area contributed by atoms with Gasteiger partial charge in [-0.2, -0.15) is 0 Å². The van der Waals surface area contributed by atoms with Gasteiger partial charge in [0, 0.05) is 6.54 Å². The molecular formula is C13H10N2O3S. The molecule has 96 valence electrons. The number of aromatic carboxylic acids is 1. The molecule has 0 amide bonds. The summed E-state index contributed by atoms with van der Waals surface area (Å²) in [5, 5.41) is 8.81. The number of benzene rings is 1. The first-order valence-corrected chi connectivity index (χ1v) is 6.56. The van der Waals surface area contributed by atoms with Crippen LogP contribution in [0.1, 0.15) is 15.9 Å². The first-order valence-electron chi connectivity index (χ1n) is 5.74. The van der Waals surface area contributed by atoms with E-state index in [1.54, 1.807) is 22.8 Å². The molecule has 0 unspecified atom stereocenters. The lowest BCUT2D eigenvalue weighted by Gasteiger charge is -1.94. The van der Waals surface area contributed by atoms with Crippen molar-refractivity contribution in [3.63, 3.8) is 0 Å². The van der Waals surface area contributed by atoms with Crippen LogP contribution in [0.25, 0.3) is 6.08 Å². The molecule has 1 N–H and O–H groups in total. The van der Waals surface area contributed by atoms with Crippen LogP contribution in [0.4, 0.5) is 0 Å². The topological polar surface area (TPSA) is 71.7 Å². The number of carboxylic acid groups (broad SMARTS) is 1. The standard InChI is InChI=1S/C13H10N2O3S/c16-11-10(19-13-14-5-6-15(11)13)7-8-1-3-9(4-2-8)12(17)18/h1-4,7H,5-6H2,(H,17,18). The van der Waals surface area contributed by atoms with Crippen molar-refractivity contribution in [1.82, 2.24) is 4.57 Å². The zero-order chi connectivity index (χ0) is 13.4. The largest absolute Gasteiger partial charge is 0.478 e. The molecule has 0 bridgehead atoms. The molecule has 0 atom stereocenters. The van der Waals surface area contributed by atoms with Gasteiger partial charge in [0.05, 0.1) is 16.6 Å². The third kappa shape index (κ3) is 2.10. The summed E-state index contributed by atoms with van der Waals surface area (Å²) in [5.41, 5.74) is 1.02. The lowest BCUT2D eigenvalue weighted by Crippen LogP contribution is -2.29. The smallest absolute Gasteiger partial charge is 0.335 e. The predicted octanol–water partition coefficient (Wildman–Crippen LogP) is 0.0700. The Kier molecular flexibility index (Phi) is 2.79. The average Bonchev–Trinajstić information content (AvgIpc) is 2.95. The molecule has 19 heavy (non-hydrogen) atoms. The highest BCUT2D eigenvalue weighted by Gasteiger charge is 2.09. The highest BCUT2D eigenvalue weighted by atomic mass is 32.1. The Balaban J connectivity index is 2.07. The predicted molar refractivity (Wildman–Crippen MR) is 71.2 cm³/mol. The SMILES string of the molecule is O=C(O)c1ccc(C=c2sc3n(c2=O)CCN=3)cc1. The maximum atomic E-state index is 12.0. The van der Waals surface area contributed by atoms with Crippen molar-refractivity contribution >= 4 is 23.4 Å². The van der Waals surface area contributed by atoms with E-state index in [-0.39, 0.29) is 11.1 Å². The monoisotopic (exact) mass is 274 g/mol. The van der Waals surface area contributed by atoms with Gasteiger partial charge in [-0.1, -0.05) is 23.5 Å². The van der Waals surface area contributed by atoms with Crippen molar-refractivity contribution in [3.05, 3.63) is 55.1 Å². The van der Waals surface area contributed by atoms with Gasteiger partial charge in [-0.15, -0.1) is 0 Å². The van der Waals surface area contributed by atoms with Gasteiger partial charge in [-0.05, 0) is 23.8 Å². The Morgan fingerprint density at radius 1 is 1.37 bits per heavy atom. The number of nitrogens with zero attached hydrogens (tertiary/aromatic N) is 2. The van der Waals surface area contributed by atoms with E-state index in [1.807, 2.05) is 0 Å². The summed E-state index contributed by atoms with van der Waals surface area (Å²) in [6, 6.07) is 6.43. The van der Waals surface area contributed by atoms with Crippen molar-refractivity contribution in [2.24, 2.45) is 4.99 Å². The van der Waals surface area contributed by atoms with Crippen molar-refractivity contribution in [3.8, 4) is 0 Å². The van der Waals surface area contributed by atoms with Gasteiger partial charge < -0.3 is 5.11 Å². The summed E-state index contributed by atoms with van der Waals surface area (Å²) in [6.45, 7) is 1.32. The lowest BCUT2D eigenvalue weighted by molar-refractivity contribution is 0.0697. The molecular weight excluding hydrogens is 264 g/mol. The van der Waals surface area contributed by atoms with E-state index in [4.69, 9.17) is 5.11 Å². The van der Waals surface area contributed by atoms with Crippen LogP contribution >= 0.6 is 11.3 Å². The average molecular weight is 274 g/mol. The second-order valence-corrected chi connectivity index (χ2v) is 5.17. The number of carboxylic acids is 1. The normalized spacial score (nSPS) is 14.2. The highest BCUT2D eigenvalue weighted by Crippen LogP contribution is 2.05. The van der Waals surface area contributed by atoms with Crippen molar-refractivity contribution < 1.29 is 9.90 Å². The summed E-state index contributed by atoms with van der Waals surface area (Å²) in [7, 11) is 0. The molecule has 1 aromatic heterocycles. The third-order valence-electron chi connectivity index (χ3n) is 2.91. The fourth-order valence-corrected chi connectivity index (χ4v) is 2.97. The molecule has 2 heterocycles. The number of carbonyl (C=O) groups is 1. The summed E-state index contributed by atoms with van der Waals surface area (Å²) < 4.78 is 2.30. The molecule has 1 aliphatic rings. The summed E-state index contributed by atoms with van der Waals surface area (Å²) in [6.07, 6.45) is 1.76. The molecule has 6 heteroatoms. The highest BCUT2D eigenvalue weighted by molar-refractivity contribution is 7.07. The van der Waals surface area contributed by atoms with Gasteiger partial charge in [0.2, 0.25) is 0 Å². The zero-order valence-corrected chi connectivity index (χ0v) is 10.7. The molecule has 0 saturated heterocycles. The fraction of sp³-hybridized carbons (Fsp3) is 0.154. The van der Waals surface area contributed by atoms with E-state index in [0.29, 0.717) is 17.6 Å². The van der Waals surface area contributed by atoms with Gasteiger partial charge in [0.25, 0.3) is 5.56 Å². The van der Waals surface area contributed by atoms with Crippen molar-refractivity contribution in [2.45, 2.75) is 6.54 Å². The van der Waals surface area contributed by atoms with Crippen LogP contribution < -0.4 is 14.9 Å². The van der Waals surface area contributed by atoms with Crippen LogP contribution in [0, 0.1) is 0 Å². The molecule has 1 aliphatic heterocycles. The Morgan fingerprint density at radius 2 is 2.11 bits per heavy atom. The molecule has 0 radical (unpaired) electrons. The minimum atomic E-state index is -0.958. The van der Waals surface area contributed by atoms with Gasteiger partial charge >= 0.3 is 5.97 Å². The number of hydrogen-bond donors (Lipinski definition) is 1. The second-order valence-electron chi connectivity index (χ2n) is 4.16. The Hall–Kier alpha value is -2.21. The van der Waals surface area contributed by atoms with E-state index < -0.39 is 5.97 Å². The number of rotatable bonds is 2. The molecule has 0 spiro atoms. The van der Waals surface area contributed by atoms with Crippen LogP contribution in [0.15, 0.2) is 34.1 Å². The van der Waals surface area contributed by atoms with Gasteiger partial charge in [-0.25, -0.2) is 4.79 Å². The maximum Gasteiger partial charge on any atom is 0.335 e. The first-order chi connectivity index (χ1) is 9.15. The molecule has 3 rings (SSSR count). The minimum Gasteiger partial charge on any atom is -0.478 e. The second kappa shape index (κ2) is 4.47. The van der Waals surface area contributed by atoms with Crippen LogP contribution in [0.5, 0.6) is 0 Å². The molecule has 5 nitrogen and oxygen atoms in total. The quantitative estimate of drug-likeness (QED) is 0.842. The Bertz CT molecular complexity index is 815. The van der Waals surface area contributed by atoms with E-state index in [1.165, 1.54) is 23.5 Å². The molecule has 2 aromatic rings.